The molecular formula is C8H16N2O2. The van der Waals surface area contributed by atoms with E-state index in [1.807, 2.05) is 6.92 Å². The zero-order valence-corrected chi connectivity index (χ0v) is 7.63. The Balaban J connectivity index is 2.50. The van der Waals surface area contributed by atoms with Crippen LogP contribution in [0.1, 0.15) is 19.8 Å². The minimum Gasteiger partial charge on any atom is -0.388 e. The lowest BCUT2D eigenvalue weighted by Crippen LogP contribution is -2.39. The highest BCUT2D eigenvalue weighted by atomic mass is 16.3. The summed E-state index contributed by atoms with van der Waals surface area (Å²) in [7, 11) is 1.60. The zero-order valence-electron chi connectivity index (χ0n) is 7.63. The molecule has 0 aromatic heterocycles. The van der Waals surface area contributed by atoms with Crippen LogP contribution >= 0.6 is 0 Å². The number of amides is 2. The highest BCUT2D eigenvalue weighted by Crippen LogP contribution is 2.23. The third-order valence-corrected chi connectivity index (χ3v) is 2.49. The van der Waals surface area contributed by atoms with E-state index in [2.05, 4.69) is 5.32 Å². The molecule has 0 aliphatic carbocycles. The van der Waals surface area contributed by atoms with Crippen LogP contribution < -0.4 is 5.32 Å². The number of hydrogen-bond donors (Lipinski definition) is 2. The Morgan fingerprint density at radius 3 is 2.83 bits per heavy atom. The Kier molecular flexibility index (Phi) is 2.57. The van der Waals surface area contributed by atoms with E-state index in [4.69, 9.17) is 0 Å². The largest absolute Gasteiger partial charge is 0.388 e. The minimum atomic E-state index is -0.646. The van der Waals surface area contributed by atoms with Crippen LogP contribution in [0.2, 0.25) is 0 Å². The van der Waals surface area contributed by atoms with Crippen molar-refractivity contribution in [3.8, 4) is 0 Å². The SMILES string of the molecule is CCC1(O)CCN(C(=O)NC)C1. The monoisotopic (exact) mass is 172 g/mol. The van der Waals surface area contributed by atoms with Crippen LogP contribution in [0.25, 0.3) is 0 Å². The fourth-order valence-corrected chi connectivity index (χ4v) is 1.48. The van der Waals surface area contributed by atoms with Crippen LogP contribution in [0.15, 0.2) is 0 Å². The van der Waals surface area contributed by atoms with Gasteiger partial charge in [0, 0.05) is 13.6 Å². The van der Waals surface area contributed by atoms with E-state index in [1.54, 1.807) is 11.9 Å². The van der Waals surface area contributed by atoms with Crippen LogP contribution in [0.5, 0.6) is 0 Å². The molecule has 4 heteroatoms. The van der Waals surface area contributed by atoms with Crippen molar-refractivity contribution >= 4 is 6.03 Å². The number of carbonyl (C=O) groups is 1. The molecule has 0 bridgehead atoms. The van der Waals surface area contributed by atoms with Crippen molar-refractivity contribution in [3.05, 3.63) is 0 Å². The predicted octanol–water partition coefficient (Wildman–Crippen LogP) is 0.173. The van der Waals surface area contributed by atoms with E-state index in [0.717, 1.165) is 0 Å². The Hall–Kier alpha value is -0.770. The van der Waals surface area contributed by atoms with Crippen LogP contribution in [0.4, 0.5) is 4.79 Å². The van der Waals surface area contributed by atoms with Crippen molar-refractivity contribution in [2.75, 3.05) is 20.1 Å². The number of urea groups is 1. The van der Waals surface area contributed by atoms with Gasteiger partial charge in [-0.25, -0.2) is 4.79 Å². The first-order valence-corrected chi connectivity index (χ1v) is 4.30. The van der Waals surface area contributed by atoms with Gasteiger partial charge in [-0.3, -0.25) is 0 Å². The van der Waals surface area contributed by atoms with Crippen molar-refractivity contribution in [2.24, 2.45) is 0 Å². The lowest BCUT2D eigenvalue weighted by molar-refractivity contribution is 0.0487. The van der Waals surface area contributed by atoms with E-state index in [0.29, 0.717) is 25.9 Å². The lowest BCUT2D eigenvalue weighted by atomic mass is 10.0. The Labute approximate surface area is 72.6 Å². The van der Waals surface area contributed by atoms with Crippen molar-refractivity contribution < 1.29 is 9.90 Å². The summed E-state index contributed by atoms with van der Waals surface area (Å²) in [5.41, 5.74) is -0.646. The summed E-state index contributed by atoms with van der Waals surface area (Å²) in [5, 5.41) is 12.3. The van der Waals surface area contributed by atoms with Gasteiger partial charge in [0.15, 0.2) is 0 Å². The van der Waals surface area contributed by atoms with Crippen LogP contribution in [-0.4, -0.2) is 41.8 Å². The summed E-state index contributed by atoms with van der Waals surface area (Å²) in [5.74, 6) is 0. The van der Waals surface area contributed by atoms with Crippen molar-refractivity contribution in [1.29, 1.82) is 0 Å². The quantitative estimate of drug-likeness (QED) is 0.592. The molecule has 1 unspecified atom stereocenters. The smallest absolute Gasteiger partial charge is 0.317 e. The lowest BCUT2D eigenvalue weighted by Gasteiger charge is -2.21. The molecule has 12 heavy (non-hydrogen) atoms. The summed E-state index contributed by atoms with van der Waals surface area (Å²) in [4.78, 5) is 12.8. The van der Waals surface area contributed by atoms with E-state index in [1.165, 1.54) is 0 Å². The third-order valence-electron chi connectivity index (χ3n) is 2.49. The minimum absolute atomic E-state index is 0.0978. The summed E-state index contributed by atoms with van der Waals surface area (Å²) in [6, 6.07) is -0.0978. The maximum atomic E-state index is 11.1. The van der Waals surface area contributed by atoms with Gasteiger partial charge in [0.25, 0.3) is 0 Å². The number of nitrogens with one attached hydrogen (secondary N) is 1. The maximum Gasteiger partial charge on any atom is 0.317 e. The molecule has 4 nitrogen and oxygen atoms in total. The van der Waals surface area contributed by atoms with Gasteiger partial charge in [0.2, 0.25) is 0 Å². The molecular weight excluding hydrogens is 156 g/mol. The number of β-amino-alcohol motifs (C(OH)–C–C–N with tert-alkyl or cyclic N) is 1. The molecule has 1 atom stereocenters. The molecule has 1 heterocycles. The topological polar surface area (TPSA) is 52.6 Å². The molecule has 1 fully saturated rings. The van der Waals surface area contributed by atoms with E-state index < -0.39 is 5.60 Å². The normalized spacial score (nSPS) is 29.1. The molecule has 0 spiro atoms. The van der Waals surface area contributed by atoms with Gasteiger partial charge < -0.3 is 15.3 Å². The number of rotatable bonds is 1. The molecule has 1 saturated heterocycles. The molecule has 1 rings (SSSR count). The molecule has 2 amide bonds. The van der Waals surface area contributed by atoms with Crippen LogP contribution in [0, 0.1) is 0 Å². The number of carbonyl (C=O) groups excluding carboxylic acids is 1. The summed E-state index contributed by atoms with van der Waals surface area (Å²) >= 11 is 0. The zero-order chi connectivity index (χ0) is 9.19. The van der Waals surface area contributed by atoms with E-state index in [-0.39, 0.29) is 6.03 Å². The van der Waals surface area contributed by atoms with Crippen molar-refractivity contribution in [1.82, 2.24) is 10.2 Å². The molecule has 0 aromatic carbocycles. The first kappa shape index (κ1) is 9.32. The average molecular weight is 172 g/mol. The van der Waals surface area contributed by atoms with Gasteiger partial charge >= 0.3 is 6.03 Å². The standard InChI is InChI=1S/C8H16N2O2/c1-3-8(12)4-5-10(6-8)7(11)9-2/h12H,3-6H2,1-2H3,(H,9,11). The van der Waals surface area contributed by atoms with Crippen molar-refractivity contribution in [2.45, 2.75) is 25.4 Å². The maximum absolute atomic E-state index is 11.1. The number of nitrogens with zero attached hydrogens (tertiary/aromatic N) is 1. The number of aliphatic hydroxyl groups is 1. The first-order chi connectivity index (χ1) is 5.61. The van der Waals surface area contributed by atoms with Gasteiger partial charge in [-0.15, -0.1) is 0 Å². The van der Waals surface area contributed by atoms with Gasteiger partial charge in [0.05, 0.1) is 12.1 Å². The van der Waals surface area contributed by atoms with Crippen molar-refractivity contribution in [3.63, 3.8) is 0 Å². The predicted molar refractivity (Wildman–Crippen MR) is 45.9 cm³/mol. The van der Waals surface area contributed by atoms with Crippen LogP contribution in [0.3, 0.4) is 0 Å². The molecule has 1 aliphatic rings. The second-order valence-electron chi connectivity index (χ2n) is 3.30. The third kappa shape index (κ3) is 1.69. The van der Waals surface area contributed by atoms with E-state index >= 15 is 0 Å². The summed E-state index contributed by atoms with van der Waals surface area (Å²) in [6.45, 7) is 3.06. The summed E-state index contributed by atoms with van der Waals surface area (Å²) < 4.78 is 0. The molecule has 70 valence electrons. The fourth-order valence-electron chi connectivity index (χ4n) is 1.48. The second kappa shape index (κ2) is 3.31. The molecule has 0 radical (unpaired) electrons. The van der Waals surface area contributed by atoms with Gasteiger partial charge in [-0.1, -0.05) is 6.92 Å². The fraction of sp³-hybridized carbons (Fsp3) is 0.875. The second-order valence-corrected chi connectivity index (χ2v) is 3.30. The van der Waals surface area contributed by atoms with Crippen LogP contribution in [-0.2, 0) is 0 Å². The Morgan fingerprint density at radius 1 is 1.75 bits per heavy atom. The van der Waals surface area contributed by atoms with Gasteiger partial charge in [-0.05, 0) is 12.8 Å². The van der Waals surface area contributed by atoms with Gasteiger partial charge in [-0.2, -0.15) is 0 Å². The number of likely N-dealkylation sites (tertiary alicyclic amines) is 1. The first-order valence-electron chi connectivity index (χ1n) is 4.30. The van der Waals surface area contributed by atoms with E-state index in [9.17, 15) is 9.90 Å². The Bertz CT molecular complexity index is 184. The highest BCUT2D eigenvalue weighted by molar-refractivity contribution is 5.74. The molecule has 1 aliphatic heterocycles. The molecule has 0 aromatic rings. The highest BCUT2D eigenvalue weighted by Gasteiger charge is 2.36. The molecule has 2 N–H and O–H groups in total. The average Bonchev–Trinajstić information content (AvgIpc) is 2.48. The van der Waals surface area contributed by atoms with Gasteiger partial charge in [0.1, 0.15) is 0 Å². The summed E-state index contributed by atoms with van der Waals surface area (Å²) in [6.07, 6.45) is 1.40. The Morgan fingerprint density at radius 2 is 2.42 bits per heavy atom. The molecule has 0 saturated carbocycles. The number of hydrogen-bond acceptors (Lipinski definition) is 2.